The molecule has 3 aromatic carbocycles. The summed E-state index contributed by atoms with van der Waals surface area (Å²) >= 11 is 11.9. The summed E-state index contributed by atoms with van der Waals surface area (Å²) in [5.41, 5.74) is 1.45. The summed E-state index contributed by atoms with van der Waals surface area (Å²) in [6, 6.07) is 15.5. The monoisotopic (exact) mass is 467 g/mol. The van der Waals surface area contributed by atoms with Gasteiger partial charge in [0.1, 0.15) is 0 Å². The van der Waals surface area contributed by atoms with Crippen LogP contribution in [0.3, 0.4) is 0 Å². The van der Waals surface area contributed by atoms with Crippen LogP contribution in [0.2, 0.25) is 10.0 Å². The quantitative estimate of drug-likeness (QED) is 0.428. The van der Waals surface area contributed by atoms with E-state index in [4.69, 9.17) is 27.9 Å². The van der Waals surface area contributed by atoms with Gasteiger partial charge < -0.3 is 10.1 Å². The molecule has 0 spiro atoms. The molecule has 6 nitrogen and oxygen atoms in total. The third-order valence-electron chi connectivity index (χ3n) is 5.02. The molecule has 4 rings (SSSR count). The number of fused-ring (bicyclic) bond motifs is 2. The van der Waals surface area contributed by atoms with Gasteiger partial charge in [-0.1, -0.05) is 53.5 Å². The molecule has 0 radical (unpaired) electrons. The number of rotatable bonds is 4. The van der Waals surface area contributed by atoms with E-state index in [0.29, 0.717) is 11.1 Å². The minimum absolute atomic E-state index is 0.0323. The second kappa shape index (κ2) is 8.57. The Hall–Kier alpha value is -3.48. The molecule has 0 aliphatic heterocycles. The third kappa shape index (κ3) is 3.90. The van der Waals surface area contributed by atoms with Crippen LogP contribution in [-0.2, 0) is 9.53 Å². The first-order valence-corrected chi connectivity index (χ1v) is 10.3. The molecule has 1 N–H and O–H groups in total. The Morgan fingerprint density at radius 2 is 1.47 bits per heavy atom. The van der Waals surface area contributed by atoms with E-state index in [0.717, 1.165) is 0 Å². The van der Waals surface area contributed by atoms with E-state index < -0.39 is 18.0 Å². The van der Waals surface area contributed by atoms with Gasteiger partial charge in [0.2, 0.25) is 0 Å². The number of hydrogen-bond acceptors (Lipinski definition) is 5. The molecule has 1 aliphatic carbocycles. The summed E-state index contributed by atoms with van der Waals surface area (Å²) in [6.45, 7) is 1.40. The van der Waals surface area contributed by atoms with Gasteiger partial charge in [-0.3, -0.25) is 14.4 Å². The van der Waals surface area contributed by atoms with Gasteiger partial charge in [-0.05, 0) is 37.3 Å². The normalized spacial score (nSPS) is 13.1. The molecule has 0 unspecified atom stereocenters. The Kier molecular flexibility index (Phi) is 5.82. The number of carbonyl (C=O) groups excluding carboxylic acids is 4. The number of anilines is 1. The lowest BCUT2D eigenvalue weighted by atomic mass is 9.84. The van der Waals surface area contributed by atoms with Gasteiger partial charge in [0.15, 0.2) is 17.7 Å². The number of ketones is 2. The molecule has 1 atom stereocenters. The van der Waals surface area contributed by atoms with Crippen molar-refractivity contribution in [2.45, 2.75) is 13.0 Å². The summed E-state index contributed by atoms with van der Waals surface area (Å²) in [4.78, 5) is 50.4. The number of ether oxygens (including phenoxy) is 1. The zero-order valence-corrected chi connectivity index (χ0v) is 18.2. The summed E-state index contributed by atoms with van der Waals surface area (Å²) in [7, 11) is 0. The molecule has 1 aliphatic rings. The third-order valence-corrected chi connectivity index (χ3v) is 5.84. The van der Waals surface area contributed by atoms with Crippen molar-refractivity contribution >= 4 is 52.3 Å². The molecule has 8 heteroatoms. The van der Waals surface area contributed by atoms with E-state index in [1.807, 2.05) is 0 Å². The lowest BCUT2D eigenvalue weighted by Crippen LogP contribution is -2.30. The van der Waals surface area contributed by atoms with Gasteiger partial charge >= 0.3 is 5.97 Å². The van der Waals surface area contributed by atoms with Crippen molar-refractivity contribution < 1.29 is 23.9 Å². The zero-order chi connectivity index (χ0) is 23.0. The van der Waals surface area contributed by atoms with Crippen LogP contribution in [0.5, 0.6) is 0 Å². The second-order valence-electron chi connectivity index (χ2n) is 7.10. The van der Waals surface area contributed by atoms with Crippen LogP contribution in [-0.4, -0.2) is 29.5 Å². The van der Waals surface area contributed by atoms with Gasteiger partial charge in [0, 0.05) is 27.9 Å². The van der Waals surface area contributed by atoms with Crippen LogP contribution in [0, 0.1) is 0 Å². The molecule has 32 heavy (non-hydrogen) atoms. The van der Waals surface area contributed by atoms with E-state index >= 15 is 0 Å². The maximum Gasteiger partial charge on any atom is 0.340 e. The number of benzene rings is 3. The highest BCUT2D eigenvalue weighted by Gasteiger charge is 2.30. The molecule has 0 bridgehead atoms. The van der Waals surface area contributed by atoms with Gasteiger partial charge in [0.05, 0.1) is 15.6 Å². The number of nitrogens with one attached hydrogen (secondary N) is 1. The van der Waals surface area contributed by atoms with E-state index in [-0.39, 0.29) is 44.0 Å². The Morgan fingerprint density at radius 3 is 2.16 bits per heavy atom. The molecule has 0 heterocycles. The topological polar surface area (TPSA) is 89.5 Å². The van der Waals surface area contributed by atoms with Crippen LogP contribution < -0.4 is 5.32 Å². The van der Waals surface area contributed by atoms with Crippen molar-refractivity contribution in [2.24, 2.45) is 0 Å². The lowest BCUT2D eigenvalue weighted by molar-refractivity contribution is -0.123. The Morgan fingerprint density at radius 1 is 0.844 bits per heavy atom. The first-order chi connectivity index (χ1) is 15.3. The second-order valence-corrected chi connectivity index (χ2v) is 7.89. The molecule has 0 aromatic heterocycles. The first-order valence-electron chi connectivity index (χ1n) is 9.56. The zero-order valence-electron chi connectivity index (χ0n) is 16.6. The summed E-state index contributed by atoms with van der Waals surface area (Å²) in [6.07, 6.45) is -1.16. The molecule has 3 aromatic rings. The standard InChI is InChI=1S/C24H15Cl2NO5/c1-12(32-24(31)17-7-4-8-19(25)20(17)26)23(30)27-13-9-10-16-18(11-13)22(29)15-6-3-2-5-14(15)21(16)28/h2-12H,1H3,(H,27,30)/t12-/m1/s1. The van der Waals surface area contributed by atoms with E-state index in [1.54, 1.807) is 30.3 Å². The smallest absolute Gasteiger partial charge is 0.340 e. The van der Waals surface area contributed by atoms with Crippen molar-refractivity contribution in [3.8, 4) is 0 Å². The molecule has 0 saturated carbocycles. The highest BCUT2D eigenvalue weighted by Crippen LogP contribution is 2.29. The van der Waals surface area contributed by atoms with Crippen LogP contribution in [0.25, 0.3) is 0 Å². The molecular weight excluding hydrogens is 453 g/mol. The van der Waals surface area contributed by atoms with Gasteiger partial charge in [-0.2, -0.15) is 0 Å². The number of carbonyl (C=O) groups is 4. The van der Waals surface area contributed by atoms with Crippen molar-refractivity contribution in [3.63, 3.8) is 0 Å². The average Bonchev–Trinajstić information content (AvgIpc) is 2.79. The van der Waals surface area contributed by atoms with Gasteiger partial charge in [0.25, 0.3) is 5.91 Å². The van der Waals surface area contributed by atoms with E-state index in [2.05, 4.69) is 5.32 Å². The van der Waals surface area contributed by atoms with E-state index in [1.165, 1.54) is 37.3 Å². The fraction of sp³-hybridized carbons (Fsp3) is 0.0833. The Bertz CT molecular complexity index is 1300. The molecule has 1 amide bonds. The van der Waals surface area contributed by atoms with Crippen LogP contribution in [0.1, 0.15) is 49.1 Å². The molecular formula is C24H15Cl2NO5. The number of halogens is 2. The maximum atomic E-state index is 12.8. The predicted octanol–water partition coefficient (Wildman–Crippen LogP) is 4.95. The van der Waals surface area contributed by atoms with Crippen molar-refractivity contribution in [1.29, 1.82) is 0 Å². The fourth-order valence-corrected chi connectivity index (χ4v) is 3.74. The van der Waals surface area contributed by atoms with E-state index in [9.17, 15) is 19.2 Å². The minimum atomic E-state index is -1.16. The summed E-state index contributed by atoms with van der Waals surface area (Å²) in [5.74, 6) is -1.98. The van der Waals surface area contributed by atoms with Crippen LogP contribution in [0.4, 0.5) is 5.69 Å². The van der Waals surface area contributed by atoms with Gasteiger partial charge in [-0.15, -0.1) is 0 Å². The van der Waals surface area contributed by atoms with Gasteiger partial charge in [-0.25, -0.2) is 4.79 Å². The number of esters is 1. The fourth-order valence-electron chi connectivity index (χ4n) is 3.36. The summed E-state index contributed by atoms with van der Waals surface area (Å²) < 4.78 is 5.19. The predicted molar refractivity (Wildman–Crippen MR) is 120 cm³/mol. The maximum absolute atomic E-state index is 12.8. The average molecular weight is 468 g/mol. The lowest BCUT2D eigenvalue weighted by Gasteiger charge is -2.19. The van der Waals surface area contributed by atoms with Crippen molar-refractivity contribution in [3.05, 3.63) is 98.5 Å². The number of amides is 1. The minimum Gasteiger partial charge on any atom is -0.449 e. The number of hydrogen-bond donors (Lipinski definition) is 1. The highest BCUT2D eigenvalue weighted by atomic mass is 35.5. The SMILES string of the molecule is C[C@@H](OC(=O)c1cccc(Cl)c1Cl)C(=O)Nc1ccc2c(c1)C(=O)c1ccccc1C2=O. The van der Waals surface area contributed by atoms with Crippen LogP contribution >= 0.6 is 23.2 Å². The van der Waals surface area contributed by atoms with Crippen molar-refractivity contribution in [2.75, 3.05) is 5.32 Å². The first kappa shape index (κ1) is 21.7. The molecule has 160 valence electrons. The van der Waals surface area contributed by atoms with Crippen LogP contribution in [0.15, 0.2) is 60.7 Å². The Labute approximate surface area is 193 Å². The molecule has 0 fully saturated rings. The molecule has 0 saturated heterocycles. The van der Waals surface area contributed by atoms with Crippen molar-refractivity contribution in [1.82, 2.24) is 0 Å². The Balaban J connectivity index is 1.50. The summed E-state index contributed by atoms with van der Waals surface area (Å²) in [5, 5.41) is 2.82. The highest BCUT2D eigenvalue weighted by molar-refractivity contribution is 6.43. The largest absolute Gasteiger partial charge is 0.449 e.